The third kappa shape index (κ3) is 2.60. The number of hydrogen-bond acceptors (Lipinski definition) is 4. The fourth-order valence-electron chi connectivity index (χ4n) is 1.24. The Bertz CT molecular complexity index is 534. The van der Waals surface area contributed by atoms with Crippen LogP contribution in [0.15, 0.2) is 30.6 Å². The number of anilines is 1. The van der Waals surface area contributed by atoms with Crippen LogP contribution in [-0.2, 0) is 0 Å². The van der Waals surface area contributed by atoms with Gasteiger partial charge in [0.25, 0.3) is 5.88 Å². The van der Waals surface area contributed by atoms with Crippen molar-refractivity contribution in [2.75, 3.05) is 12.4 Å². The quantitative estimate of drug-likeness (QED) is 0.925. The third-order valence-corrected chi connectivity index (χ3v) is 2.83. The van der Waals surface area contributed by atoms with Gasteiger partial charge in [0.1, 0.15) is 10.8 Å². The molecule has 0 spiro atoms. The van der Waals surface area contributed by atoms with Crippen molar-refractivity contribution in [3.63, 3.8) is 0 Å². The van der Waals surface area contributed by atoms with Crippen molar-refractivity contribution in [3.8, 4) is 11.6 Å². The number of halogens is 2. The summed E-state index contributed by atoms with van der Waals surface area (Å²) in [5.41, 5.74) is 0. The van der Waals surface area contributed by atoms with E-state index >= 15 is 0 Å². The highest BCUT2D eigenvalue weighted by Crippen LogP contribution is 2.35. The molecule has 1 aromatic carbocycles. The predicted octanol–water partition coefficient (Wildman–Crippen LogP) is 3.62. The highest BCUT2D eigenvalue weighted by Gasteiger charge is 2.10. The standard InChI is InChI=1S/C11H9Cl2N3O/c1-14-10-11(16-6-5-15-10)17-8-4-2-3-7(12)9(8)13/h2-6H,1H3,(H,14,15). The van der Waals surface area contributed by atoms with Crippen molar-refractivity contribution in [1.82, 2.24) is 9.97 Å². The normalized spacial score (nSPS) is 10.1. The van der Waals surface area contributed by atoms with Gasteiger partial charge in [-0.15, -0.1) is 0 Å². The Kier molecular flexibility index (Phi) is 3.66. The zero-order valence-electron chi connectivity index (χ0n) is 8.95. The maximum absolute atomic E-state index is 6.01. The summed E-state index contributed by atoms with van der Waals surface area (Å²) in [7, 11) is 1.73. The lowest BCUT2D eigenvalue weighted by Crippen LogP contribution is -1.98. The van der Waals surface area contributed by atoms with Crippen LogP contribution in [0.1, 0.15) is 0 Å². The van der Waals surface area contributed by atoms with E-state index in [1.54, 1.807) is 31.4 Å². The molecular formula is C11H9Cl2N3O. The summed E-state index contributed by atoms with van der Waals surface area (Å²) in [4.78, 5) is 8.14. The highest BCUT2D eigenvalue weighted by molar-refractivity contribution is 6.42. The first kappa shape index (κ1) is 12.0. The molecule has 0 fully saturated rings. The Labute approximate surface area is 109 Å². The molecule has 0 unspecified atom stereocenters. The number of nitrogens with zero attached hydrogens (tertiary/aromatic N) is 2. The smallest absolute Gasteiger partial charge is 0.262 e. The molecule has 4 nitrogen and oxygen atoms in total. The van der Waals surface area contributed by atoms with E-state index in [-0.39, 0.29) is 0 Å². The third-order valence-electron chi connectivity index (χ3n) is 2.02. The van der Waals surface area contributed by atoms with Gasteiger partial charge in [0, 0.05) is 19.4 Å². The maximum Gasteiger partial charge on any atom is 0.262 e. The molecule has 0 saturated carbocycles. The fourth-order valence-corrected chi connectivity index (χ4v) is 1.57. The van der Waals surface area contributed by atoms with Gasteiger partial charge >= 0.3 is 0 Å². The van der Waals surface area contributed by atoms with Gasteiger partial charge in [-0.2, -0.15) is 0 Å². The van der Waals surface area contributed by atoms with E-state index in [9.17, 15) is 0 Å². The Morgan fingerprint density at radius 2 is 1.94 bits per heavy atom. The molecule has 88 valence electrons. The van der Waals surface area contributed by atoms with Crippen molar-refractivity contribution >= 4 is 29.0 Å². The van der Waals surface area contributed by atoms with E-state index in [1.807, 2.05) is 0 Å². The molecule has 1 heterocycles. The molecule has 0 aliphatic heterocycles. The predicted molar refractivity (Wildman–Crippen MR) is 68.1 cm³/mol. The van der Waals surface area contributed by atoms with Crippen molar-refractivity contribution in [2.45, 2.75) is 0 Å². The molecule has 0 atom stereocenters. The van der Waals surface area contributed by atoms with E-state index in [1.165, 1.54) is 6.20 Å². The lowest BCUT2D eigenvalue weighted by Gasteiger charge is -2.09. The second-order valence-electron chi connectivity index (χ2n) is 3.11. The summed E-state index contributed by atoms with van der Waals surface area (Å²) in [6.45, 7) is 0. The Balaban J connectivity index is 2.35. The molecule has 0 radical (unpaired) electrons. The molecule has 6 heteroatoms. The summed E-state index contributed by atoms with van der Waals surface area (Å²) >= 11 is 11.9. The molecule has 0 aliphatic rings. The van der Waals surface area contributed by atoms with Gasteiger partial charge in [-0.05, 0) is 12.1 Å². The van der Waals surface area contributed by atoms with Gasteiger partial charge in [-0.3, -0.25) is 0 Å². The first-order valence-corrected chi connectivity index (χ1v) is 5.58. The lowest BCUT2D eigenvalue weighted by atomic mass is 10.3. The average molecular weight is 270 g/mol. The zero-order chi connectivity index (χ0) is 12.3. The molecule has 0 amide bonds. The molecule has 0 saturated heterocycles. The minimum absolute atomic E-state index is 0.346. The van der Waals surface area contributed by atoms with Crippen LogP contribution < -0.4 is 10.1 Å². The minimum atomic E-state index is 0.346. The van der Waals surface area contributed by atoms with Crippen LogP contribution in [0, 0.1) is 0 Å². The number of rotatable bonds is 3. The van der Waals surface area contributed by atoms with Crippen LogP contribution in [0.5, 0.6) is 11.6 Å². The number of nitrogens with one attached hydrogen (secondary N) is 1. The van der Waals surface area contributed by atoms with Crippen LogP contribution in [0.2, 0.25) is 10.0 Å². The van der Waals surface area contributed by atoms with Gasteiger partial charge in [0.15, 0.2) is 5.82 Å². The van der Waals surface area contributed by atoms with E-state index in [0.29, 0.717) is 27.5 Å². The van der Waals surface area contributed by atoms with Crippen molar-refractivity contribution in [2.24, 2.45) is 0 Å². The van der Waals surface area contributed by atoms with Crippen LogP contribution in [0.4, 0.5) is 5.82 Å². The monoisotopic (exact) mass is 269 g/mol. The zero-order valence-corrected chi connectivity index (χ0v) is 10.5. The topological polar surface area (TPSA) is 47.0 Å². The van der Waals surface area contributed by atoms with Crippen LogP contribution in [-0.4, -0.2) is 17.0 Å². The number of ether oxygens (including phenoxy) is 1. The van der Waals surface area contributed by atoms with E-state index in [0.717, 1.165) is 0 Å². The van der Waals surface area contributed by atoms with E-state index < -0.39 is 0 Å². The molecule has 1 aromatic heterocycles. The van der Waals surface area contributed by atoms with Crippen molar-refractivity contribution in [1.29, 1.82) is 0 Å². The van der Waals surface area contributed by atoms with Crippen LogP contribution in [0.25, 0.3) is 0 Å². The van der Waals surface area contributed by atoms with E-state index in [2.05, 4.69) is 15.3 Å². The Hall–Kier alpha value is -1.52. The van der Waals surface area contributed by atoms with Gasteiger partial charge in [-0.1, -0.05) is 29.3 Å². The number of hydrogen-bond donors (Lipinski definition) is 1. The summed E-state index contributed by atoms with van der Waals surface area (Å²) in [6, 6.07) is 5.15. The molecule has 0 aliphatic carbocycles. The van der Waals surface area contributed by atoms with Gasteiger partial charge in [-0.25, -0.2) is 9.97 Å². The second kappa shape index (κ2) is 5.21. The largest absolute Gasteiger partial charge is 0.434 e. The van der Waals surface area contributed by atoms with Gasteiger partial charge in [0.2, 0.25) is 0 Å². The highest BCUT2D eigenvalue weighted by atomic mass is 35.5. The Morgan fingerprint density at radius 3 is 2.71 bits per heavy atom. The summed E-state index contributed by atoms with van der Waals surface area (Å²) < 4.78 is 5.56. The molecule has 2 aromatic rings. The first-order chi connectivity index (χ1) is 8.22. The second-order valence-corrected chi connectivity index (χ2v) is 3.90. The molecule has 0 bridgehead atoms. The van der Waals surface area contributed by atoms with Gasteiger partial charge < -0.3 is 10.1 Å². The first-order valence-electron chi connectivity index (χ1n) is 4.83. The van der Waals surface area contributed by atoms with Crippen molar-refractivity contribution in [3.05, 3.63) is 40.6 Å². The number of benzene rings is 1. The Morgan fingerprint density at radius 1 is 1.18 bits per heavy atom. The van der Waals surface area contributed by atoms with E-state index in [4.69, 9.17) is 27.9 Å². The van der Waals surface area contributed by atoms with Crippen LogP contribution >= 0.6 is 23.2 Å². The number of aromatic nitrogens is 2. The average Bonchev–Trinajstić information content (AvgIpc) is 2.35. The van der Waals surface area contributed by atoms with Crippen LogP contribution in [0.3, 0.4) is 0 Å². The summed E-state index contributed by atoms with van der Waals surface area (Å²) in [6.07, 6.45) is 3.10. The molecular weight excluding hydrogens is 261 g/mol. The SMILES string of the molecule is CNc1nccnc1Oc1cccc(Cl)c1Cl. The maximum atomic E-state index is 6.01. The lowest BCUT2D eigenvalue weighted by molar-refractivity contribution is 0.463. The fraction of sp³-hybridized carbons (Fsp3) is 0.0909. The molecule has 17 heavy (non-hydrogen) atoms. The summed E-state index contributed by atoms with van der Waals surface area (Å²) in [5, 5.41) is 3.65. The molecule has 1 N–H and O–H groups in total. The van der Waals surface area contributed by atoms with Crippen molar-refractivity contribution < 1.29 is 4.74 Å². The van der Waals surface area contributed by atoms with Gasteiger partial charge in [0.05, 0.1) is 5.02 Å². The minimum Gasteiger partial charge on any atom is -0.434 e. The molecule has 2 rings (SSSR count). The summed E-state index contributed by atoms with van der Waals surface area (Å²) in [5.74, 6) is 1.32.